The molecule has 1 N–H and O–H groups in total. The van der Waals surface area contributed by atoms with Crippen LogP contribution < -0.4 is 10.1 Å². The van der Waals surface area contributed by atoms with E-state index in [-0.39, 0.29) is 11.9 Å². The Balaban J connectivity index is 1.71. The van der Waals surface area contributed by atoms with Gasteiger partial charge in [-0.15, -0.1) is 0 Å². The van der Waals surface area contributed by atoms with Crippen LogP contribution in [0.2, 0.25) is 5.02 Å². The predicted octanol–water partition coefficient (Wildman–Crippen LogP) is 3.36. The minimum Gasteiger partial charge on any atom is -0.492 e. The zero-order valence-electron chi connectivity index (χ0n) is 14.0. The molecule has 0 aliphatic rings. The molecule has 0 aliphatic carbocycles. The lowest BCUT2D eigenvalue weighted by atomic mass is 10.2. The molecule has 0 spiro atoms. The lowest BCUT2D eigenvalue weighted by Crippen LogP contribution is -2.44. The number of hydrogen-bond acceptors (Lipinski definition) is 3. The third-order valence-corrected chi connectivity index (χ3v) is 4.13. The fourth-order valence-corrected chi connectivity index (χ4v) is 2.29. The van der Waals surface area contributed by atoms with Crippen LogP contribution in [0.3, 0.4) is 0 Å². The molecule has 2 aromatic rings. The molecule has 4 nitrogen and oxygen atoms in total. The molecule has 0 heterocycles. The quantitative estimate of drug-likeness (QED) is 0.797. The average Bonchev–Trinajstić information content (AvgIpc) is 2.61. The highest BCUT2D eigenvalue weighted by Gasteiger charge is 2.17. The first-order valence-electron chi connectivity index (χ1n) is 7.96. The fraction of sp³-hybridized carbons (Fsp3) is 0.316. The van der Waals surface area contributed by atoms with Gasteiger partial charge in [0.2, 0.25) is 5.91 Å². The highest BCUT2D eigenvalue weighted by molar-refractivity contribution is 6.30. The van der Waals surface area contributed by atoms with E-state index in [9.17, 15) is 4.79 Å². The summed E-state index contributed by atoms with van der Waals surface area (Å²) in [7, 11) is 1.91. The normalized spacial score (nSPS) is 12.0. The second-order valence-electron chi connectivity index (χ2n) is 5.66. The molecule has 0 unspecified atom stereocenters. The maximum Gasteiger partial charge on any atom is 0.237 e. The van der Waals surface area contributed by atoms with E-state index < -0.39 is 0 Å². The molecular formula is C19H23ClN2O2. The van der Waals surface area contributed by atoms with Crippen LogP contribution in [0.15, 0.2) is 54.6 Å². The number of halogens is 1. The molecule has 0 radical (unpaired) electrons. The van der Waals surface area contributed by atoms with Gasteiger partial charge in [-0.1, -0.05) is 41.9 Å². The summed E-state index contributed by atoms with van der Waals surface area (Å²) in [5.41, 5.74) is 1.09. The Morgan fingerprint density at radius 2 is 1.83 bits per heavy atom. The number of ether oxygens (including phenoxy) is 1. The second kappa shape index (κ2) is 9.30. The number of hydrogen-bond donors (Lipinski definition) is 1. The summed E-state index contributed by atoms with van der Waals surface area (Å²) in [5, 5.41) is 3.64. The Labute approximate surface area is 148 Å². The number of likely N-dealkylation sites (N-methyl/N-ethyl adjacent to an activating group) is 1. The van der Waals surface area contributed by atoms with E-state index in [0.717, 1.165) is 11.3 Å². The van der Waals surface area contributed by atoms with Crippen LogP contribution in [-0.2, 0) is 11.3 Å². The van der Waals surface area contributed by atoms with Gasteiger partial charge in [-0.2, -0.15) is 0 Å². The van der Waals surface area contributed by atoms with E-state index in [2.05, 4.69) is 5.32 Å². The largest absolute Gasteiger partial charge is 0.492 e. The van der Waals surface area contributed by atoms with Crippen molar-refractivity contribution in [3.63, 3.8) is 0 Å². The third kappa shape index (κ3) is 5.87. The van der Waals surface area contributed by atoms with Gasteiger partial charge in [0.1, 0.15) is 12.4 Å². The first-order valence-corrected chi connectivity index (χ1v) is 8.34. The summed E-state index contributed by atoms with van der Waals surface area (Å²) in [6, 6.07) is 16.9. The molecule has 2 aromatic carbocycles. The smallest absolute Gasteiger partial charge is 0.237 e. The SMILES string of the molecule is C[C@@H](C(=O)NCc1ccccc1)N(C)CCOc1ccc(Cl)cc1. The molecule has 128 valence electrons. The minimum absolute atomic E-state index is 0.00726. The molecule has 5 heteroatoms. The summed E-state index contributed by atoms with van der Waals surface area (Å²) in [6.45, 7) is 3.60. The summed E-state index contributed by atoms with van der Waals surface area (Å²) in [5.74, 6) is 0.779. The fourth-order valence-electron chi connectivity index (χ4n) is 2.16. The monoisotopic (exact) mass is 346 g/mol. The topological polar surface area (TPSA) is 41.6 Å². The molecule has 0 saturated carbocycles. The maximum atomic E-state index is 12.2. The predicted molar refractivity (Wildman–Crippen MR) is 97.3 cm³/mol. The Bertz CT molecular complexity index is 632. The standard InChI is InChI=1S/C19H23ClN2O2/c1-15(19(23)21-14-16-6-4-3-5-7-16)22(2)12-13-24-18-10-8-17(20)9-11-18/h3-11,15H,12-14H2,1-2H3,(H,21,23)/t15-/m0/s1. The molecule has 0 aromatic heterocycles. The zero-order valence-corrected chi connectivity index (χ0v) is 14.8. The average molecular weight is 347 g/mol. The van der Waals surface area contributed by atoms with Crippen molar-refractivity contribution in [1.29, 1.82) is 0 Å². The van der Waals surface area contributed by atoms with Gasteiger partial charge in [0.05, 0.1) is 6.04 Å². The van der Waals surface area contributed by atoms with E-state index >= 15 is 0 Å². The summed E-state index contributed by atoms with van der Waals surface area (Å²) >= 11 is 5.84. The summed E-state index contributed by atoms with van der Waals surface area (Å²) in [4.78, 5) is 14.2. The van der Waals surface area contributed by atoms with Gasteiger partial charge in [-0.05, 0) is 43.8 Å². The van der Waals surface area contributed by atoms with Crippen molar-refractivity contribution in [2.45, 2.75) is 19.5 Å². The van der Waals surface area contributed by atoms with Crippen molar-refractivity contribution >= 4 is 17.5 Å². The molecule has 2 rings (SSSR count). The number of benzene rings is 2. The van der Waals surface area contributed by atoms with E-state index in [0.29, 0.717) is 24.7 Å². The summed E-state index contributed by atoms with van der Waals surface area (Å²) < 4.78 is 5.66. The van der Waals surface area contributed by atoms with Crippen molar-refractivity contribution in [2.75, 3.05) is 20.2 Å². The number of nitrogens with one attached hydrogen (secondary N) is 1. The van der Waals surface area contributed by atoms with Gasteiger partial charge < -0.3 is 10.1 Å². The van der Waals surface area contributed by atoms with Crippen LogP contribution in [-0.4, -0.2) is 37.0 Å². The zero-order chi connectivity index (χ0) is 17.4. The van der Waals surface area contributed by atoms with Crippen LogP contribution in [0.1, 0.15) is 12.5 Å². The van der Waals surface area contributed by atoms with Crippen molar-refractivity contribution in [1.82, 2.24) is 10.2 Å². The Morgan fingerprint density at radius 3 is 2.50 bits per heavy atom. The number of carbonyl (C=O) groups is 1. The lowest BCUT2D eigenvalue weighted by Gasteiger charge is -2.23. The molecule has 24 heavy (non-hydrogen) atoms. The molecule has 0 saturated heterocycles. The van der Waals surface area contributed by atoms with E-state index in [1.165, 1.54) is 0 Å². The molecule has 0 bridgehead atoms. The Hall–Kier alpha value is -2.04. The van der Waals surface area contributed by atoms with Gasteiger partial charge in [-0.3, -0.25) is 9.69 Å². The molecule has 1 amide bonds. The van der Waals surface area contributed by atoms with Gasteiger partial charge in [0.25, 0.3) is 0 Å². The number of amides is 1. The van der Waals surface area contributed by atoms with Gasteiger partial charge in [0.15, 0.2) is 0 Å². The van der Waals surface area contributed by atoms with Crippen LogP contribution >= 0.6 is 11.6 Å². The van der Waals surface area contributed by atoms with E-state index in [1.807, 2.05) is 61.3 Å². The Kier molecular flexibility index (Phi) is 7.09. The molecule has 0 fully saturated rings. The number of nitrogens with zero attached hydrogens (tertiary/aromatic N) is 1. The molecule has 1 atom stereocenters. The number of carbonyl (C=O) groups excluding carboxylic acids is 1. The lowest BCUT2D eigenvalue weighted by molar-refractivity contribution is -0.125. The van der Waals surface area contributed by atoms with Gasteiger partial charge in [-0.25, -0.2) is 0 Å². The van der Waals surface area contributed by atoms with Crippen molar-refractivity contribution < 1.29 is 9.53 Å². The van der Waals surface area contributed by atoms with E-state index in [4.69, 9.17) is 16.3 Å². The first kappa shape index (κ1) is 18.3. The highest BCUT2D eigenvalue weighted by Crippen LogP contribution is 2.15. The van der Waals surface area contributed by atoms with Crippen molar-refractivity contribution in [3.8, 4) is 5.75 Å². The number of rotatable bonds is 8. The first-order chi connectivity index (χ1) is 11.6. The van der Waals surface area contributed by atoms with Crippen LogP contribution in [0.5, 0.6) is 5.75 Å². The third-order valence-electron chi connectivity index (χ3n) is 3.88. The second-order valence-corrected chi connectivity index (χ2v) is 6.10. The van der Waals surface area contributed by atoms with Crippen molar-refractivity contribution in [2.24, 2.45) is 0 Å². The molecular weight excluding hydrogens is 324 g/mol. The van der Waals surface area contributed by atoms with Crippen LogP contribution in [0.25, 0.3) is 0 Å². The van der Waals surface area contributed by atoms with Crippen molar-refractivity contribution in [3.05, 3.63) is 65.2 Å². The minimum atomic E-state index is -0.220. The molecule has 0 aliphatic heterocycles. The van der Waals surface area contributed by atoms with Gasteiger partial charge >= 0.3 is 0 Å². The van der Waals surface area contributed by atoms with Gasteiger partial charge in [0, 0.05) is 18.1 Å². The maximum absolute atomic E-state index is 12.2. The van der Waals surface area contributed by atoms with Crippen LogP contribution in [0.4, 0.5) is 0 Å². The van der Waals surface area contributed by atoms with Crippen LogP contribution in [0, 0.1) is 0 Å². The highest BCUT2D eigenvalue weighted by atomic mass is 35.5. The van der Waals surface area contributed by atoms with E-state index in [1.54, 1.807) is 12.1 Å². The Morgan fingerprint density at radius 1 is 1.17 bits per heavy atom. The summed E-state index contributed by atoms with van der Waals surface area (Å²) in [6.07, 6.45) is 0.